The van der Waals surface area contributed by atoms with Crippen LogP contribution in [0.15, 0.2) is 0 Å². The van der Waals surface area contributed by atoms with Crippen molar-refractivity contribution < 1.29 is 9.90 Å². The standard InChI is InChI=1S/C11H20N2O2/c14-10-3-1-2-8(4-10)5-13-11(15)9-6-12-7-9/h8-10,12,14H,1-7H2,(H,13,15). The second-order valence-electron chi connectivity index (χ2n) is 4.79. The van der Waals surface area contributed by atoms with Gasteiger partial charge in [-0.1, -0.05) is 6.42 Å². The summed E-state index contributed by atoms with van der Waals surface area (Å²) >= 11 is 0. The molecule has 0 aromatic carbocycles. The highest BCUT2D eigenvalue weighted by Gasteiger charge is 2.26. The van der Waals surface area contributed by atoms with Crippen molar-refractivity contribution in [3.63, 3.8) is 0 Å². The molecule has 0 radical (unpaired) electrons. The van der Waals surface area contributed by atoms with Gasteiger partial charge in [-0.05, 0) is 25.2 Å². The van der Waals surface area contributed by atoms with Gasteiger partial charge in [-0.15, -0.1) is 0 Å². The predicted molar refractivity (Wildman–Crippen MR) is 57.3 cm³/mol. The Morgan fingerprint density at radius 3 is 2.80 bits per heavy atom. The van der Waals surface area contributed by atoms with Crippen LogP contribution in [0.25, 0.3) is 0 Å². The summed E-state index contributed by atoms with van der Waals surface area (Å²) in [6.45, 7) is 2.38. The van der Waals surface area contributed by atoms with Gasteiger partial charge in [0.1, 0.15) is 0 Å². The molecule has 86 valence electrons. The van der Waals surface area contributed by atoms with Crippen molar-refractivity contribution >= 4 is 5.91 Å². The zero-order valence-electron chi connectivity index (χ0n) is 9.04. The monoisotopic (exact) mass is 212 g/mol. The first-order chi connectivity index (χ1) is 7.25. The molecule has 2 aliphatic rings. The highest BCUT2D eigenvalue weighted by molar-refractivity contribution is 5.79. The molecule has 3 N–H and O–H groups in total. The smallest absolute Gasteiger partial charge is 0.225 e. The fourth-order valence-corrected chi connectivity index (χ4v) is 2.31. The van der Waals surface area contributed by atoms with E-state index in [4.69, 9.17) is 0 Å². The van der Waals surface area contributed by atoms with Crippen LogP contribution in [0.1, 0.15) is 25.7 Å². The molecular formula is C11H20N2O2. The van der Waals surface area contributed by atoms with Crippen molar-refractivity contribution in [2.75, 3.05) is 19.6 Å². The summed E-state index contributed by atoms with van der Waals surface area (Å²) in [5.41, 5.74) is 0. The van der Waals surface area contributed by atoms with Crippen LogP contribution in [0.2, 0.25) is 0 Å². The molecule has 1 heterocycles. The van der Waals surface area contributed by atoms with E-state index in [1.807, 2.05) is 0 Å². The Balaban J connectivity index is 1.65. The first kappa shape index (κ1) is 10.9. The van der Waals surface area contributed by atoms with Crippen molar-refractivity contribution in [2.24, 2.45) is 11.8 Å². The topological polar surface area (TPSA) is 61.4 Å². The normalized spacial score (nSPS) is 32.1. The highest BCUT2D eigenvalue weighted by Crippen LogP contribution is 2.23. The molecule has 4 nitrogen and oxygen atoms in total. The minimum atomic E-state index is -0.147. The zero-order chi connectivity index (χ0) is 10.7. The van der Waals surface area contributed by atoms with Gasteiger partial charge in [0, 0.05) is 19.6 Å². The Morgan fingerprint density at radius 2 is 2.20 bits per heavy atom. The third-order valence-electron chi connectivity index (χ3n) is 3.47. The summed E-state index contributed by atoms with van der Waals surface area (Å²) in [4.78, 5) is 11.5. The van der Waals surface area contributed by atoms with Gasteiger partial charge in [0.05, 0.1) is 12.0 Å². The molecule has 0 bridgehead atoms. The van der Waals surface area contributed by atoms with Crippen molar-refractivity contribution in [2.45, 2.75) is 31.8 Å². The SMILES string of the molecule is O=C(NCC1CCCC(O)C1)C1CNC1. The maximum absolute atomic E-state index is 11.5. The van der Waals surface area contributed by atoms with E-state index >= 15 is 0 Å². The van der Waals surface area contributed by atoms with Gasteiger partial charge >= 0.3 is 0 Å². The summed E-state index contributed by atoms with van der Waals surface area (Å²) in [5, 5.41) is 15.6. The van der Waals surface area contributed by atoms with E-state index in [1.54, 1.807) is 0 Å². The maximum Gasteiger partial charge on any atom is 0.225 e. The predicted octanol–water partition coefficient (Wildman–Crippen LogP) is -0.127. The highest BCUT2D eigenvalue weighted by atomic mass is 16.3. The quantitative estimate of drug-likeness (QED) is 0.611. The summed E-state index contributed by atoms with van der Waals surface area (Å²) < 4.78 is 0. The van der Waals surface area contributed by atoms with Crippen molar-refractivity contribution in [1.29, 1.82) is 0 Å². The molecule has 1 saturated heterocycles. The molecule has 15 heavy (non-hydrogen) atoms. The van der Waals surface area contributed by atoms with E-state index < -0.39 is 0 Å². The Kier molecular flexibility index (Phi) is 3.59. The number of rotatable bonds is 3. The number of nitrogens with one attached hydrogen (secondary N) is 2. The largest absolute Gasteiger partial charge is 0.393 e. The average molecular weight is 212 g/mol. The average Bonchev–Trinajstić information content (AvgIpc) is 2.12. The fraction of sp³-hybridized carbons (Fsp3) is 0.909. The summed E-state index contributed by atoms with van der Waals surface area (Å²) in [7, 11) is 0. The summed E-state index contributed by atoms with van der Waals surface area (Å²) in [6.07, 6.45) is 3.86. The third kappa shape index (κ3) is 2.92. The van der Waals surface area contributed by atoms with Gasteiger partial charge in [-0.2, -0.15) is 0 Å². The molecule has 2 unspecified atom stereocenters. The molecule has 1 aliphatic carbocycles. The Hall–Kier alpha value is -0.610. The van der Waals surface area contributed by atoms with Gasteiger partial charge in [-0.25, -0.2) is 0 Å². The Labute approximate surface area is 90.4 Å². The van der Waals surface area contributed by atoms with E-state index in [9.17, 15) is 9.90 Å². The molecule has 1 aliphatic heterocycles. The van der Waals surface area contributed by atoms with Gasteiger partial charge in [0.2, 0.25) is 5.91 Å². The number of aliphatic hydroxyl groups excluding tert-OH is 1. The van der Waals surface area contributed by atoms with Gasteiger partial charge < -0.3 is 15.7 Å². The number of hydrogen-bond acceptors (Lipinski definition) is 3. The molecule has 2 rings (SSSR count). The van der Waals surface area contributed by atoms with E-state index in [1.165, 1.54) is 0 Å². The number of amides is 1. The Bertz CT molecular complexity index is 229. The van der Waals surface area contributed by atoms with Crippen LogP contribution in [0.3, 0.4) is 0 Å². The second-order valence-corrected chi connectivity index (χ2v) is 4.79. The van der Waals surface area contributed by atoms with Crippen LogP contribution in [0.5, 0.6) is 0 Å². The number of aliphatic hydroxyl groups is 1. The molecule has 2 atom stereocenters. The minimum absolute atomic E-state index is 0.147. The van der Waals surface area contributed by atoms with E-state index in [-0.39, 0.29) is 17.9 Å². The lowest BCUT2D eigenvalue weighted by molar-refractivity contribution is -0.126. The third-order valence-corrected chi connectivity index (χ3v) is 3.47. The lowest BCUT2D eigenvalue weighted by atomic mass is 9.87. The molecule has 1 amide bonds. The van der Waals surface area contributed by atoms with E-state index in [0.717, 1.165) is 45.3 Å². The van der Waals surface area contributed by atoms with Gasteiger partial charge in [0.25, 0.3) is 0 Å². The molecule has 4 heteroatoms. The van der Waals surface area contributed by atoms with E-state index in [2.05, 4.69) is 10.6 Å². The fourth-order valence-electron chi connectivity index (χ4n) is 2.31. The van der Waals surface area contributed by atoms with Crippen LogP contribution in [-0.4, -0.2) is 36.8 Å². The van der Waals surface area contributed by atoms with Gasteiger partial charge in [0.15, 0.2) is 0 Å². The first-order valence-electron chi connectivity index (χ1n) is 5.92. The first-order valence-corrected chi connectivity index (χ1v) is 5.92. The Morgan fingerprint density at radius 1 is 1.40 bits per heavy atom. The minimum Gasteiger partial charge on any atom is -0.393 e. The van der Waals surface area contributed by atoms with Crippen molar-refractivity contribution in [1.82, 2.24) is 10.6 Å². The number of carbonyl (C=O) groups is 1. The lowest BCUT2D eigenvalue weighted by Gasteiger charge is -2.29. The molecular weight excluding hydrogens is 192 g/mol. The summed E-state index contributed by atoms with van der Waals surface area (Å²) in [5.74, 6) is 0.832. The molecule has 2 fully saturated rings. The van der Waals surface area contributed by atoms with Crippen molar-refractivity contribution in [3.8, 4) is 0 Å². The number of carbonyl (C=O) groups excluding carboxylic acids is 1. The van der Waals surface area contributed by atoms with Crippen LogP contribution < -0.4 is 10.6 Å². The maximum atomic E-state index is 11.5. The molecule has 0 spiro atoms. The van der Waals surface area contributed by atoms with Crippen molar-refractivity contribution in [3.05, 3.63) is 0 Å². The molecule has 1 saturated carbocycles. The summed E-state index contributed by atoms with van der Waals surface area (Å²) in [6, 6.07) is 0. The van der Waals surface area contributed by atoms with Crippen LogP contribution in [0, 0.1) is 11.8 Å². The van der Waals surface area contributed by atoms with Gasteiger partial charge in [-0.3, -0.25) is 4.79 Å². The van der Waals surface area contributed by atoms with E-state index in [0.29, 0.717) is 5.92 Å². The lowest BCUT2D eigenvalue weighted by Crippen LogP contribution is -2.51. The molecule has 0 aromatic heterocycles. The number of hydrogen-bond donors (Lipinski definition) is 3. The van der Waals surface area contributed by atoms with Crippen LogP contribution in [0.4, 0.5) is 0 Å². The van der Waals surface area contributed by atoms with Crippen LogP contribution in [-0.2, 0) is 4.79 Å². The van der Waals surface area contributed by atoms with Crippen LogP contribution >= 0.6 is 0 Å². The molecule has 0 aromatic rings. The second kappa shape index (κ2) is 4.94. The zero-order valence-corrected chi connectivity index (χ0v) is 9.04.